The van der Waals surface area contributed by atoms with Crippen molar-refractivity contribution in [3.63, 3.8) is 0 Å². The second-order valence-corrected chi connectivity index (χ2v) is 9.68. The number of ketones is 1. The Morgan fingerprint density at radius 2 is 2.12 bits per heavy atom. The molecule has 0 aliphatic carbocycles. The number of rotatable bonds is 9. The van der Waals surface area contributed by atoms with Crippen molar-refractivity contribution in [2.24, 2.45) is 0 Å². The van der Waals surface area contributed by atoms with Crippen molar-refractivity contribution in [1.29, 1.82) is 0 Å². The second-order valence-electron chi connectivity index (χ2n) is 8.47. The van der Waals surface area contributed by atoms with Crippen molar-refractivity contribution in [2.75, 3.05) is 19.8 Å². The van der Waals surface area contributed by atoms with E-state index in [0.29, 0.717) is 41.6 Å². The molecule has 2 atom stereocenters. The van der Waals surface area contributed by atoms with Gasteiger partial charge in [-0.05, 0) is 39.2 Å². The minimum absolute atomic E-state index is 0.0799. The summed E-state index contributed by atoms with van der Waals surface area (Å²) in [5.74, 6) is -0.816. The number of Topliss-reactive ketones (excluding diaryl/α,β-unsaturated/α-hetero) is 1. The maximum Gasteiger partial charge on any atom is 0.290 e. The van der Waals surface area contributed by atoms with E-state index in [2.05, 4.69) is 11.9 Å². The van der Waals surface area contributed by atoms with Gasteiger partial charge in [0.2, 0.25) is 5.78 Å². The van der Waals surface area contributed by atoms with Gasteiger partial charge in [0.25, 0.3) is 5.91 Å². The number of thiazole rings is 1. The van der Waals surface area contributed by atoms with Crippen molar-refractivity contribution < 1.29 is 24.2 Å². The largest absolute Gasteiger partial charge is 0.503 e. The third-order valence-electron chi connectivity index (χ3n) is 6.05. The van der Waals surface area contributed by atoms with Crippen LogP contribution in [-0.2, 0) is 9.53 Å². The van der Waals surface area contributed by atoms with Gasteiger partial charge in [0.15, 0.2) is 5.76 Å². The number of aryl methyl sites for hydroxylation is 2. The van der Waals surface area contributed by atoms with Crippen LogP contribution in [0.4, 0.5) is 0 Å². The van der Waals surface area contributed by atoms with E-state index < -0.39 is 17.7 Å². The molecule has 1 saturated heterocycles. The number of amides is 1. The summed E-state index contributed by atoms with van der Waals surface area (Å²) in [6.45, 7) is 7.18. The fourth-order valence-electron chi connectivity index (χ4n) is 4.43. The average Bonchev–Trinajstić information content (AvgIpc) is 3.49. The van der Waals surface area contributed by atoms with Gasteiger partial charge in [-0.25, -0.2) is 4.98 Å². The average molecular weight is 471 g/mol. The first kappa shape index (κ1) is 23.4. The van der Waals surface area contributed by atoms with E-state index in [0.717, 1.165) is 30.7 Å². The molecule has 2 aromatic rings. The summed E-state index contributed by atoms with van der Waals surface area (Å²) in [7, 11) is 0. The number of hydrogen-bond acceptors (Lipinski definition) is 7. The molecule has 176 valence electrons. The normalized spacial score (nSPS) is 20.7. The topological polar surface area (TPSA) is 89.0 Å². The highest BCUT2D eigenvalue weighted by atomic mass is 32.1. The van der Waals surface area contributed by atoms with Crippen LogP contribution in [0.5, 0.6) is 5.75 Å². The van der Waals surface area contributed by atoms with Crippen LogP contribution in [0.15, 0.2) is 35.6 Å². The van der Waals surface area contributed by atoms with Crippen LogP contribution < -0.4 is 4.74 Å². The lowest BCUT2D eigenvalue weighted by molar-refractivity contribution is -0.131. The van der Waals surface area contributed by atoms with Crippen LogP contribution in [-0.4, -0.2) is 52.5 Å². The van der Waals surface area contributed by atoms with Crippen molar-refractivity contribution in [1.82, 2.24) is 9.88 Å². The molecule has 1 aromatic carbocycles. The molecule has 2 unspecified atom stereocenters. The maximum absolute atomic E-state index is 13.7. The number of hydrogen-bond donors (Lipinski definition) is 1. The molecule has 1 aromatic heterocycles. The van der Waals surface area contributed by atoms with Gasteiger partial charge in [0.1, 0.15) is 5.75 Å². The number of aliphatic hydroxyl groups is 1. The van der Waals surface area contributed by atoms with Gasteiger partial charge >= 0.3 is 0 Å². The van der Waals surface area contributed by atoms with E-state index in [1.165, 1.54) is 11.3 Å². The lowest BCUT2D eigenvalue weighted by Gasteiger charge is -2.30. The second kappa shape index (κ2) is 10.1. The molecular weight excluding hydrogens is 440 g/mol. The zero-order chi connectivity index (χ0) is 23.5. The zero-order valence-electron chi connectivity index (χ0n) is 19.3. The third-order valence-corrected chi connectivity index (χ3v) is 7.12. The van der Waals surface area contributed by atoms with Crippen LogP contribution in [0.1, 0.15) is 64.6 Å². The van der Waals surface area contributed by atoms with Crippen LogP contribution in [0.3, 0.4) is 0 Å². The van der Waals surface area contributed by atoms with Gasteiger partial charge in [0.05, 0.1) is 39.9 Å². The first-order valence-corrected chi connectivity index (χ1v) is 12.3. The molecule has 0 saturated carbocycles. The van der Waals surface area contributed by atoms with E-state index in [4.69, 9.17) is 9.47 Å². The summed E-state index contributed by atoms with van der Waals surface area (Å²) in [4.78, 5) is 33.3. The summed E-state index contributed by atoms with van der Waals surface area (Å²) in [5, 5.41) is 11.7. The summed E-state index contributed by atoms with van der Waals surface area (Å²) in [6, 6.07) is 6.68. The van der Waals surface area contributed by atoms with Crippen molar-refractivity contribution in [3.8, 4) is 5.75 Å². The van der Waals surface area contributed by atoms with E-state index in [-0.39, 0.29) is 17.5 Å². The molecular formula is C25H30N2O5S. The molecule has 4 rings (SSSR count). The van der Waals surface area contributed by atoms with Gasteiger partial charge in [-0.2, -0.15) is 0 Å². The highest BCUT2D eigenvalue weighted by Crippen LogP contribution is 2.43. The monoisotopic (exact) mass is 470 g/mol. The number of aromatic nitrogens is 1. The predicted octanol–water partition coefficient (Wildman–Crippen LogP) is 4.70. The Labute approximate surface area is 198 Å². The predicted molar refractivity (Wildman–Crippen MR) is 126 cm³/mol. The van der Waals surface area contributed by atoms with Gasteiger partial charge in [0, 0.05) is 18.7 Å². The lowest BCUT2D eigenvalue weighted by Crippen LogP contribution is -2.37. The van der Waals surface area contributed by atoms with Gasteiger partial charge in [-0.1, -0.05) is 31.5 Å². The molecule has 0 bridgehead atoms. The Morgan fingerprint density at radius 3 is 2.79 bits per heavy atom. The Kier molecular flexibility index (Phi) is 7.14. The minimum Gasteiger partial charge on any atom is -0.503 e. The lowest BCUT2D eigenvalue weighted by atomic mass is 9.94. The number of carbonyl (C=O) groups is 2. The Morgan fingerprint density at radius 1 is 1.33 bits per heavy atom. The number of para-hydroxylation sites is 1. The van der Waals surface area contributed by atoms with Crippen molar-refractivity contribution in [3.05, 3.63) is 56.7 Å². The minimum atomic E-state index is -0.756. The van der Waals surface area contributed by atoms with Gasteiger partial charge in [-0.15, -0.1) is 11.3 Å². The maximum atomic E-state index is 13.7. The van der Waals surface area contributed by atoms with Crippen LogP contribution >= 0.6 is 11.3 Å². The van der Waals surface area contributed by atoms with Crippen molar-refractivity contribution in [2.45, 2.75) is 58.6 Å². The number of unbranched alkanes of at least 4 members (excludes halogenated alkanes) is 1. The molecule has 1 amide bonds. The van der Waals surface area contributed by atoms with Crippen molar-refractivity contribution >= 4 is 23.0 Å². The van der Waals surface area contributed by atoms with E-state index >= 15 is 0 Å². The molecule has 33 heavy (non-hydrogen) atoms. The summed E-state index contributed by atoms with van der Waals surface area (Å²) < 4.78 is 11.8. The van der Waals surface area contributed by atoms with Gasteiger partial charge in [-0.3, -0.25) is 9.59 Å². The molecule has 1 fully saturated rings. The highest BCUT2D eigenvalue weighted by Gasteiger charge is 2.46. The molecule has 1 N–H and O–H groups in total. The fourth-order valence-corrected chi connectivity index (χ4v) is 5.31. The third kappa shape index (κ3) is 4.68. The number of carbonyl (C=O) groups excluding carboxylic acids is 2. The smallest absolute Gasteiger partial charge is 0.290 e. The Hall–Kier alpha value is -2.71. The van der Waals surface area contributed by atoms with Gasteiger partial charge < -0.3 is 19.5 Å². The zero-order valence-corrected chi connectivity index (χ0v) is 20.1. The van der Waals surface area contributed by atoms with E-state index in [9.17, 15) is 14.7 Å². The molecule has 7 nitrogen and oxygen atoms in total. The molecule has 2 aliphatic rings. The number of ether oxygens (including phenoxy) is 2. The van der Waals surface area contributed by atoms with E-state index in [1.807, 2.05) is 31.2 Å². The summed E-state index contributed by atoms with van der Waals surface area (Å²) in [5.41, 5.74) is 1.36. The number of benzene rings is 1. The molecule has 0 spiro atoms. The standard InChI is InChI=1S/C25H30N2O5S/c1-4-5-12-32-19-11-7-6-10-18(19)21-20(22(28)24-15(2)26-16(3)33-24)23(29)25(30)27(21)14-17-9-8-13-31-17/h6-7,10-11,17,21,29H,4-5,8-9,12-14H2,1-3H3. The van der Waals surface area contributed by atoms with Crippen LogP contribution in [0.25, 0.3) is 0 Å². The highest BCUT2D eigenvalue weighted by molar-refractivity contribution is 7.14. The number of aliphatic hydroxyl groups excluding tert-OH is 1. The molecule has 8 heteroatoms. The first-order chi connectivity index (χ1) is 15.9. The Bertz CT molecular complexity index is 1070. The number of nitrogens with zero attached hydrogens (tertiary/aromatic N) is 2. The quantitative estimate of drug-likeness (QED) is 0.422. The SMILES string of the molecule is CCCCOc1ccccc1C1C(C(=O)c2sc(C)nc2C)=C(O)C(=O)N1CC1CCCO1. The summed E-state index contributed by atoms with van der Waals surface area (Å²) >= 11 is 1.27. The fraction of sp³-hybridized carbons (Fsp3) is 0.480. The van der Waals surface area contributed by atoms with Crippen LogP contribution in [0.2, 0.25) is 0 Å². The van der Waals surface area contributed by atoms with E-state index in [1.54, 1.807) is 11.8 Å². The Balaban J connectivity index is 1.78. The summed E-state index contributed by atoms with van der Waals surface area (Å²) in [6.07, 6.45) is 3.52. The molecule has 3 heterocycles. The first-order valence-electron chi connectivity index (χ1n) is 11.5. The molecule has 0 radical (unpaired) electrons. The molecule has 2 aliphatic heterocycles. The van der Waals surface area contributed by atoms with Crippen LogP contribution in [0, 0.1) is 13.8 Å².